The normalized spacial score (nSPS) is 14.8. The van der Waals surface area contributed by atoms with Gasteiger partial charge in [-0.3, -0.25) is 0 Å². The van der Waals surface area contributed by atoms with E-state index in [9.17, 15) is 0 Å². The monoisotopic (exact) mass is 259 g/mol. The van der Waals surface area contributed by atoms with E-state index in [0.717, 1.165) is 12.8 Å². The molecule has 1 aromatic rings. The Hall–Kier alpha value is -0.240. The Morgan fingerprint density at radius 2 is 1.88 bits per heavy atom. The molecule has 90 valence electrons. The van der Waals surface area contributed by atoms with E-state index < -0.39 is 0 Å². The van der Waals surface area contributed by atoms with E-state index in [1.54, 1.807) is 0 Å². The molecule has 0 aromatic heterocycles. The van der Waals surface area contributed by atoms with Crippen LogP contribution in [0.25, 0.3) is 0 Å². The van der Waals surface area contributed by atoms with Gasteiger partial charge in [-0.2, -0.15) is 0 Å². The average Bonchev–Trinajstić information content (AvgIpc) is 2.23. The first-order valence-electron chi connectivity index (χ1n) is 5.64. The van der Waals surface area contributed by atoms with Crippen LogP contribution in [0.1, 0.15) is 25.8 Å². The Balaban J connectivity index is 2.56. The summed E-state index contributed by atoms with van der Waals surface area (Å²) in [5.74, 6) is 0.639. The van der Waals surface area contributed by atoms with Crippen LogP contribution in [0.4, 0.5) is 0 Å². The van der Waals surface area contributed by atoms with Gasteiger partial charge in [-0.25, -0.2) is 0 Å². The second-order valence-electron chi connectivity index (χ2n) is 4.48. The van der Waals surface area contributed by atoms with Crippen molar-refractivity contribution in [2.24, 2.45) is 5.92 Å². The van der Waals surface area contributed by atoms with Crippen LogP contribution in [0.5, 0.6) is 0 Å². The molecular formula is C13H19Cl2N. The smallest absolute Gasteiger partial charge is 0.0595 e. The van der Waals surface area contributed by atoms with Gasteiger partial charge in [0.25, 0.3) is 0 Å². The summed E-state index contributed by atoms with van der Waals surface area (Å²) in [5, 5.41) is 4.53. The van der Waals surface area contributed by atoms with E-state index in [0.29, 0.717) is 22.0 Å². The van der Waals surface area contributed by atoms with Crippen molar-refractivity contribution in [1.29, 1.82) is 0 Å². The van der Waals surface area contributed by atoms with Gasteiger partial charge in [-0.1, -0.05) is 36.2 Å². The molecule has 3 heteroatoms. The van der Waals surface area contributed by atoms with Gasteiger partial charge in [0, 0.05) is 6.04 Å². The molecular weight excluding hydrogens is 241 g/mol. The van der Waals surface area contributed by atoms with Crippen LogP contribution in [0.15, 0.2) is 18.2 Å². The van der Waals surface area contributed by atoms with Crippen molar-refractivity contribution in [1.82, 2.24) is 5.32 Å². The SMILES string of the molecule is CNC(C)CC(C)Cc1ccc(Cl)c(Cl)c1. The summed E-state index contributed by atoms with van der Waals surface area (Å²) in [6, 6.07) is 6.44. The Morgan fingerprint density at radius 3 is 2.44 bits per heavy atom. The Morgan fingerprint density at radius 1 is 1.19 bits per heavy atom. The lowest BCUT2D eigenvalue weighted by atomic mass is 9.95. The van der Waals surface area contributed by atoms with Gasteiger partial charge < -0.3 is 5.32 Å². The highest BCUT2D eigenvalue weighted by Gasteiger charge is 2.09. The fourth-order valence-corrected chi connectivity index (χ4v) is 2.19. The highest BCUT2D eigenvalue weighted by molar-refractivity contribution is 6.42. The molecule has 2 unspecified atom stereocenters. The predicted molar refractivity (Wildman–Crippen MR) is 72.5 cm³/mol. The molecule has 0 saturated heterocycles. The molecule has 0 spiro atoms. The van der Waals surface area contributed by atoms with Crippen molar-refractivity contribution >= 4 is 23.2 Å². The molecule has 0 aliphatic carbocycles. The van der Waals surface area contributed by atoms with E-state index >= 15 is 0 Å². The maximum absolute atomic E-state index is 5.99. The third kappa shape index (κ3) is 4.32. The van der Waals surface area contributed by atoms with E-state index in [2.05, 4.69) is 25.2 Å². The van der Waals surface area contributed by atoms with Crippen LogP contribution >= 0.6 is 23.2 Å². The first-order chi connectivity index (χ1) is 7.52. The lowest BCUT2D eigenvalue weighted by Crippen LogP contribution is -2.24. The van der Waals surface area contributed by atoms with Crippen molar-refractivity contribution in [2.75, 3.05) is 7.05 Å². The fourth-order valence-electron chi connectivity index (χ4n) is 1.87. The van der Waals surface area contributed by atoms with E-state index in [1.807, 2.05) is 19.2 Å². The second-order valence-corrected chi connectivity index (χ2v) is 5.30. The molecule has 1 aromatic carbocycles. The van der Waals surface area contributed by atoms with Gasteiger partial charge in [0.05, 0.1) is 10.0 Å². The Labute approximate surface area is 108 Å². The molecule has 1 rings (SSSR count). The number of hydrogen-bond donors (Lipinski definition) is 1. The van der Waals surface area contributed by atoms with Crippen LogP contribution in [0.2, 0.25) is 10.0 Å². The second kappa shape index (κ2) is 6.48. The first-order valence-corrected chi connectivity index (χ1v) is 6.39. The zero-order chi connectivity index (χ0) is 12.1. The number of benzene rings is 1. The third-order valence-corrected chi connectivity index (χ3v) is 3.56. The van der Waals surface area contributed by atoms with Gasteiger partial charge in [0.15, 0.2) is 0 Å². The minimum Gasteiger partial charge on any atom is -0.317 e. The highest BCUT2D eigenvalue weighted by atomic mass is 35.5. The highest BCUT2D eigenvalue weighted by Crippen LogP contribution is 2.24. The summed E-state index contributed by atoms with van der Waals surface area (Å²) in [4.78, 5) is 0. The largest absolute Gasteiger partial charge is 0.317 e. The molecule has 0 saturated carbocycles. The summed E-state index contributed by atoms with van der Waals surface area (Å²) in [7, 11) is 2.00. The van der Waals surface area contributed by atoms with Crippen LogP contribution < -0.4 is 5.32 Å². The maximum Gasteiger partial charge on any atom is 0.0595 e. The molecule has 1 N–H and O–H groups in total. The minimum atomic E-state index is 0.553. The molecule has 0 aliphatic heterocycles. The Bertz CT molecular complexity index is 339. The van der Waals surface area contributed by atoms with E-state index in [-0.39, 0.29) is 0 Å². The summed E-state index contributed by atoms with van der Waals surface area (Å²) in [6.07, 6.45) is 2.21. The molecule has 0 bridgehead atoms. The van der Waals surface area contributed by atoms with Gasteiger partial charge in [0.2, 0.25) is 0 Å². The number of nitrogens with one attached hydrogen (secondary N) is 1. The topological polar surface area (TPSA) is 12.0 Å². The number of hydrogen-bond acceptors (Lipinski definition) is 1. The molecule has 0 fully saturated rings. The lowest BCUT2D eigenvalue weighted by molar-refractivity contribution is 0.440. The van der Waals surface area contributed by atoms with Gasteiger partial charge in [0.1, 0.15) is 0 Å². The van der Waals surface area contributed by atoms with E-state index in [4.69, 9.17) is 23.2 Å². The van der Waals surface area contributed by atoms with Crippen molar-refractivity contribution < 1.29 is 0 Å². The van der Waals surface area contributed by atoms with Crippen molar-refractivity contribution in [3.8, 4) is 0 Å². The fraction of sp³-hybridized carbons (Fsp3) is 0.538. The predicted octanol–water partition coefficient (Wildman–Crippen LogP) is 4.17. The van der Waals surface area contributed by atoms with Crippen molar-refractivity contribution in [3.05, 3.63) is 33.8 Å². The summed E-state index contributed by atoms with van der Waals surface area (Å²) < 4.78 is 0. The van der Waals surface area contributed by atoms with Gasteiger partial charge in [-0.15, -0.1) is 0 Å². The Kier molecular flexibility index (Phi) is 5.60. The third-order valence-electron chi connectivity index (χ3n) is 2.82. The van der Waals surface area contributed by atoms with Gasteiger partial charge in [-0.05, 0) is 50.4 Å². The van der Waals surface area contributed by atoms with Crippen LogP contribution in [-0.2, 0) is 6.42 Å². The molecule has 2 atom stereocenters. The number of rotatable bonds is 5. The molecule has 16 heavy (non-hydrogen) atoms. The molecule has 0 aliphatic rings. The summed E-state index contributed by atoms with van der Waals surface area (Å²) in [6.45, 7) is 4.46. The molecule has 0 heterocycles. The quantitative estimate of drug-likeness (QED) is 0.837. The van der Waals surface area contributed by atoms with Gasteiger partial charge >= 0.3 is 0 Å². The van der Waals surface area contributed by atoms with Crippen molar-refractivity contribution in [3.63, 3.8) is 0 Å². The van der Waals surface area contributed by atoms with Crippen molar-refractivity contribution in [2.45, 2.75) is 32.7 Å². The van der Waals surface area contributed by atoms with Crippen LogP contribution in [-0.4, -0.2) is 13.1 Å². The first kappa shape index (κ1) is 13.8. The standard InChI is InChI=1S/C13H19Cl2N/c1-9(6-10(2)16-3)7-11-4-5-12(14)13(15)8-11/h4-5,8-10,16H,6-7H2,1-3H3. The number of halogens is 2. The van der Waals surface area contributed by atoms with Crippen LogP contribution in [0.3, 0.4) is 0 Å². The molecule has 0 radical (unpaired) electrons. The summed E-state index contributed by atoms with van der Waals surface area (Å²) >= 11 is 11.9. The van der Waals surface area contributed by atoms with Crippen LogP contribution in [0, 0.1) is 5.92 Å². The lowest BCUT2D eigenvalue weighted by Gasteiger charge is -2.16. The average molecular weight is 260 g/mol. The summed E-state index contributed by atoms with van der Waals surface area (Å²) in [5.41, 5.74) is 1.25. The minimum absolute atomic E-state index is 0.553. The molecule has 1 nitrogen and oxygen atoms in total. The van der Waals surface area contributed by atoms with E-state index in [1.165, 1.54) is 5.56 Å². The maximum atomic E-state index is 5.99. The zero-order valence-corrected chi connectivity index (χ0v) is 11.6. The zero-order valence-electron chi connectivity index (χ0n) is 10.1. The molecule has 0 amide bonds.